The van der Waals surface area contributed by atoms with Gasteiger partial charge in [0.15, 0.2) is 0 Å². The number of amides is 1. The second kappa shape index (κ2) is 7.05. The van der Waals surface area contributed by atoms with Crippen LogP contribution in [0.3, 0.4) is 0 Å². The third-order valence-electron chi connectivity index (χ3n) is 2.37. The first kappa shape index (κ1) is 14.6. The van der Waals surface area contributed by atoms with Crippen LogP contribution in [0.5, 0.6) is 0 Å². The molecule has 19 heavy (non-hydrogen) atoms. The topological polar surface area (TPSA) is 89.3 Å². The molecule has 1 N–H and O–H groups in total. The maximum absolute atomic E-state index is 10.9. The van der Waals surface area contributed by atoms with Gasteiger partial charge in [0.05, 0.1) is 10.5 Å². The van der Waals surface area contributed by atoms with Crippen molar-refractivity contribution in [3.05, 3.63) is 45.5 Å². The predicted octanol–water partition coefficient (Wildman–Crippen LogP) is 1.95. The van der Waals surface area contributed by atoms with E-state index in [1.807, 2.05) is 0 Å². The number of benzene rings is 1. The largest absolute Gasteiger partial charge is 0.356 e. The number of hydrogen-bond acceptors (Lipinski definition) is 4. The summed E-state index contributed by atoms with van der Waals surface area (Å²) in [6.45, 7) is 1.90. The Morgan fingerprint density at radius 3 is 2.79 bits per heavy atom. The van der Waals surface area contributed by atoms with Crippen molar-refractivity contribution in [3.63, 3.8) is 0 Å². The van der Waals surface area contributed by atoms with Gasteiger partial charge >= 0.3 is 0 Å². The summed E-state index contributed by atoms with van der Waals surface area (Å²) in [4.78, 5) is 31.5. The summed E-state index contributed by atoms with van der Waals surface area (Å²) < 4.78 is 0. The van der Waals surface area contributed by atoms with Crippen LogP contribution < -0.4 is 5.32 Å². The highest BCUT2D eigenvalue weighted by Gasteiger charge is 2.11. The molecular formula is C13H14N2O4. The van der Waals surface area contributed by atoms with Crippen molar-refractivity contribution in [2.24, 2.45) is 0 Å². The normalized spacial score (nSPS) is 10.4. The van der Waals surface area contributed by atoms with Gasteiger partial charge in [0, 0.05) is 25.1 Å². The number of carbonyl (C=O) groups is 2. The van der Waals surface area contributed by atoms with Crippen molar-refractivity contribution >= 4 is 24.0 Å². The Balaban J connectivity index is 2.77. The first-order valence-corrected chi connectivity index (χ1v) is 5.69. The summed E-state index contributed by atoms with van der Waals surface area (Å²) in [5.74, 6) is -0.116. The molecule has 1 rings (SSSR count). The minimum atomic E-state index is -0.527. The standard InChI is InChI=1S/C13H14N2O4/c1-10(17)14-7-3-2-4-12-6-5-11(9-16)8-13(12)15(18)19/h2,4-6,8-9H,3,7H2,1H3,(H,14,17). The minimum absolute atomic E-state index is 0.111. The monoisotopic (exact) mass is 262 g/mol. The van der Waals surface area contributed by atoms with Crippen LogP contribution in [0, 0.1) is 10.1 Å². The molecule has 0 unspecified atom stereocenters. The van der Waals surface area contributed by atoms with E-state index in [1.54, 1.807) is 12.2 Å². The van der Waals surface area contributed by atoms with Gasteiger partial charge < -0.3 is 5.32 Å². The molecule has 0 fully saturated rings. The summed E-state index contributed by atoms with van der Waals surface area (Å²) in [6.07, 6.45) is 4.48. The fourth-order valence-electron chi connectivity index (χ4n) is 1.47. The van der Waals surface area contributed by atoms with Crippen molar-refractivity contribution in [1.82, 2.24) is 5.32 Å². The predicted molar refractivity (Wildman–Crippen MR) is 70.8 cm³/mol. The highest BCUT2D eigenvalue weighted by atomic mass is 16.6. The van der Waals surface area contributed by atoms with Crippen LogP contribution >= 0.6 is 0 Å². The van der Waals surface area contributed by atoms with Crippen LogP contribution in [-0.2, 0) is 4.79 Å². The Morgan fingerprint density at radius 2 is 2.21 bits per heavy atom. The molecule has 0 aliphatic heterocycles. The molecule has 0 saturated carbocycles. The summed E-state index contributed by atoms with van der Waals surface area (Å²) in [5, 5.41) is 13.5. The van der Waals surface area contributed by atoms with E-state index in [0.29, 0.717) is 24.8 Å². The van der Waals surface area contributed by atoms with Crippen molar-refractivity contribution < 1.29 is 14.5 Å². The smallest absolute Gasteiger partial charge is 0.277 e. The third kappa shape index (κ3) is 4.71. The highest BCUT2D eigenvalue weighted by Crippen LogP contribution is 2.21. The lowest BCUT2D eigenvalue weighted by Gasteiger charge is -1.99. The summed E-state index contributed by atoms with van der Waals surface area (Å²) >= 11 is 0. The molecule has 6 nitrogen and oxygen atoms in total. The molecule has 0 heterocycles. The van der Waals surface area contributed by atoms with Gasteiger partial charge in [0.2, 0.25) is 5.91 Å². The number of hydrogen-bond donors (Lipinski definition) is 1. The zero-order valence-electron chi connectivity index (χ0n) is 10.5. The van der Waals surface area contributed by atoms with Gasteiger partial charge in [0.1, 0.15) is 6.29 Å². The van der Waals surface area contributed by atoms with E-state index >= 15 is 0 Å². The molecule has 0 aromatic heterocycles. The Bertz CT molecular complexity index is 523. The van der Waals surface area contributed by atoms with Crippen LogP contribution in [0.4, 0.5) is 5.69 Å². The van der Waals surface area contributed by atoms with E-state index in [2.05, 4.69) is 5.32 Å². The SMILES string of the molecule is CC(=O)NCCC=Cc1ccc(C=O)cc1[N+](=O)[O-]. The average molecular weight is 262 g/mol. The highest BCUT2D eigenvalue weighted by molar-refractivity contribution is 5.78. The van der Waals surface area contributed by atoms with Crippen molar-refractivity contribution in [1.29, 1.82) is 0 Å². The molecule has 0 bridgehead atoms. The first-order chi connectivity index (χ1) is 9.04. The summed E-state index contributed by atoms with van der Waals surface area (Å²) in [6, 6.07) is 4.28. The second-order valence-corrected chi connectivity index (χ2v) is 3.87. The fourth-order valence-corrected chi connectivity index (χ4v) is 1.47. The van der Waals surface area contributed by atoms with Crippen LogP contribution in [0.15, 0.2) is 24.3 Å². The van der Waals surface area contributed by atoms with Crippen LogP contribution in [0.2, 0.25) is 0 Å². The number of nitro benzene ring substituents is 1. The zero-order chi connectivity index (χ0) is 14.3. The molecule has 1 amide bonds. The maximum atomic E-state index is 10.9. The van der Waals surface area contributed by atoms with Crippen LogP contribution in [-0.4, -0.2) is 23.7 Å². The lowest BCUT2D eigenvalue weighted by molar-refractivity contribution is -0.385. The Kier molecular flexibility index (Phi) is 5.40. The van der Waals surface area contributed by atoms with Crippen LogP contribution in [0.1, 0.15) is 29.3 Å². The van der Waals surface area contributed by atoms with Gasteiger partial charge in [-0.3, -0.25) is 19.7 Å². The van der Waals surface area contributed by atoms with E-state index in [0.717, 1.165) is 0 Å². The first-order valence-electron chi connectivity index (χ1n) is 5.69. The lowest BCUT2D eigenvalue weighted by Crippen LogP contribution is -2.20. The van der Waals surface area contributed by atoms with Crippen molar-refractivity contribution in [3.8, 4) is 0 Å². The maximum Gasteiger partial charge on any atom is 0.277 e. The third-order valence-corrected chi connectivity index (χ3v) is 2.37. The molecule has 0 atom stereocenters. The van der Waals surface area contributed by atoms with E-state index < -0.39 is 4.92 Å². The molecule has 100 valence electrons. The van der Waals surface area contributed by atoms with E-state index in [-0.39, 0.29) is 17.2 Å². The number of rotatable bonds is 6. The number of nitrogens with one attached hydrogen (secondary N) is 1. The Hall–Kier alpha value is -2.50. The Morgan fingerprint density at radius 1 is 1.47 bits per heavy atom. The minimum Gasteiger partial charge on any atom is -0.356 e. The molecule has 6 heteroatoms. The Labute approximate surface area is 110 Å². The van der Waals surface area contributed by atoms with Gasteiger partial charge in [-0.15, -0.1) is 0 Å². The van der Waals surface area contributed by atoms with Crippen molar-refractivity contribution in [2.45, 2.75) is 13.3 Å². The summed E-state index contributed by atoms with van der Waals surface area (Å²) in [7, 11) is 0. The molecule has 0 aliphatic carbocycles. The molecule has 1 aromatic rings. The number of nitrogens with zero attached hydrogens (tertiary/aromatic N) is 1. The molecule has 0 radical (unpaired) electrons. The van der Waals surface area contributed by atoms with Gasteiger partial charge in [-0.25, -0.2) is 0 Å². The molecule has 0 aliphatic rings. The number of carbonyl (C=O) groups excluding carboxylic acids is 2. The van der Waals surface area contributed by atoms with E-state index in [4.69, 9.17) is 0 Å². The molecular weight excluding hydrogens is 248 g/mol. The summed E-state index contributed by atoms with van der Waals surface area (Å²) in [5.41, 5.74) is 0.584. The van der Waals surface area contributed by atoms with Gasteiger partial charge in [-0.05, 0) is 12.5 Å². The molecule has 0 saturated heterocycles. The van der Waals surface area contributed by atoms with Gasteiger partial charge in [-0.1, -0.05) is 18.2 Å². The zero-order valence-corrected chi connectivity index (χ0v) is 10.5. The quantitative estimate of drug-likeness (QED) is 0.367. The average Bonchev–Trinajstić information content (AvgIpc) is 2.38. The molecule has 0 spiro atoms. The van der Waals surface area contributed by atoms with E-state index in [1.165, 1.54) is 25.1 Å². The van der Waals surface area contributed by atoms with Gasteiger partial charge in [0.25, 0.3) is 5.69 Å². The van der Waals surface area contributed by atoms with Gasteiger partial charge in [-0.2, -0.15) is 0 Å². The van der Waals surface area contributed by atoms with Crippen molar-refractivity contribution in [2.75, 3.05) is 6.54 Å². The number of nitro groups is 1. The fraction of sp³-hybridized carbons (Fsp3) is 0.231. The van der Waals surface area contributed by atoms with E-state index in [9.17, 15) is 19.7 Å². The number of aldehydes is 1. The lowest BCUT2D eigenvalue weighted by atomic mass is 10.1. The molecule has 1 aromatic carbocycles. The second-order valence-electron chi connectivity index (χ2n) is 3.87. The van der Waals surface area contributed by atoms with Crippen LogP contribution in [0.25, 0.3) is 6.08 Å².